The minimum atomic E-state index is -0.768. The fraction of sp³-hybridized carbons (Fsp3) is 0.818. The van der Waals surface area contributed by atoms with E-state index < -0.39 is 5.54 Å². The van der Waals surface area contributed by atoms with Crippen LogP contribution in [0.25, 0.3) is 0 Å². The first-order chi connectivity index (χ1) is 6.81. The summed E-state index contributed by atoms with van der Waals surface area (Å²) in [4.78, 5) is 25.4. The average Bonchev–Trinajstić information content (AvgIpc) is 2.13. The van der Waals surface area contributed by atoms with Crippen molar-refractivity contribution in [2.45, 2.75) is 45.7 Å². The lowest BCUT2D eigenvalue weighted by atomic mass is 9.90. The smallest absolute Gasteiger partial charge is 0.248 e. The molecule has 0 radical (unpaired) electrons. The second kappa shape index (κ2) is 3.83. The van der Waals surface area contributed by atoms with E-state index in [-0.39, 0.29) is 23.8 Å². The summed E-state index contributed by atoms with van der Waals surface area (Å²) in [5, 5.41) is 2.77. The van der Waals surface area contributed by atoms with Gasteiger partial charge < -0.3 is 10.2 Å². The number of nitrogens with zero attached hydrogens (tertiary/aromatic N) is 1. The highest BCUT2D eigenvalue weighted by molar-refractivity contribution is 5.99. The molecule has 0 aromatic carbocycles. The van der Waals surface area contributed by atoms with Crippen LogP contribution in [0.15, 0.2) is 0 Å². The highest BCUT2D eigenvalue weighted by Gasteiger charge is 2.44. The number of hydrogen-bond acceptors (Lipinski definition) is 2. The predicted octanol–water partition coefficient (Wildman–Crippen LogP) is 0.768. The standard InChI is InChI=1S/C11H20N2O2/c1-6-7(2)8-9(14)12-11(3,4)10(15)13(8)5/h7-8H,6H2,1-5H3,(H,12,14). The minimum absolute atomic E-state index is 0.0209. The first kappa shape index (κ1) is 12.0. The maximum Gasteiger partial charge on any atom is 0.248 e. The topological polar surface area (TPSA) is 49.4 Å². The van der Waals surface area contributed by atoms with Crippen molar-refractivity contribution in [2.75, 3.05) is 7.05 Å². The highest BCUT2D eigenvalue weighted by Crippen LogP contribution is 2.22. The third-order valence-corrected chi connectivity index (χ3v) is 3.16. The van der Waals surface area contributed by atoms with E-state index >= 15 is 0 Å². The van der Waals surface area contributed by atoms with E-state index in [0.717, 1.165) is 6.42 Å². The molecule has 4 nitrogen and oxygen atoms in total. The Kier molecular flexibility index (Phi) is 3.07. The minimum Gasteiger partial charge on any atom is -0.340 e. The molecule has 1 aliphatic rings. The van der Waals surface area contributed by atoms with Crippen LogP contribution in [0, 0.1) is 5.92 Å². The molecule has 86 valence electrons. The lowest BCUT2D eigenvalue weighted by molar-refractivity contribution is -0.153. The van der Waals surface area contributed by atoms with E-state index in [0.29, 0.717) is 0 Å². The van der Waals surface area contributed by atoms with E-state index in [1.54, 1.807) is 25.8 Å². The lowest BCUT2D eigenvalue weighted by Crippen LogP contribution is -2.68. The van der Waals surface area contributed by atoms with Gasteiger partial charge in [-0.2, -0.15) is 0 Å². The van der Waals surface area contributed by atoms with Crippen LogP contribution < -0.4 is 5.32 Å². The summed E-state index contributed by atoms with van der Waals surface area (Å²) in [5.41, 5.74) is -0.768. The van der Waals surface area contributed by atoms with Crippen molar-refractivity contribution in [3.63, 3.8) is 0 Å². The number of piperazine rings is 1. The summed E-state index contributed by atoms with van der Waals surface area (Å²) in [6.07, 6.45) is 0.885. The van der Waals surface area contributed by atoms with Crippen LogP contribution in [0.3, 0.4) is 0 Å². The molecule has 0 aromatic heterocycles. The molecule has 1 N–H and O–H groups in total. The molecule has 1 aliphatic heterocycles. The molecule has 1 fully saturated rings. The maximum absolute atomic E-state index is 11.9. The second-order valence-electron chi connectivity index (χ2n) is 4.86. The van der Waals surface area contributed by atoms with Gasteiger partial charge in [-0.05, 0) is 19.8 Å². The van der Waals surface area contributed by atoms with Crippen molar-refractivity contribution in [3.8, 4) is 0 Å². The maximum atomic E-state index is 11.9. The molecule has 0 bridgehead atoms. The third kappa shape index (κ3) is 1.98. The van der Waals surface area contributed by atoms with Crippen molar-refractivity contribution in [1.29, 1.82) is 0 Å². The molecule has 0 spiro atoms. The molecule has 4 heteroatoms. The molecule has 1 rings (SSSR count). The van der Waals surface area contributed by atoms with Crippen LogP contribution in [0.2, 0.25) is 0 Å². The largest absolute Gasteiger partial charge is 0.340 e. The molecule has 0 aliphatic carbocycles. The summed E-state index contributed by atoms with van der Waals surface area (Å²) >= 11 is 0. The number of rotatable bonds is 2. The number of nitrogens with one attached hydrogen (secondary N) is 1. The molecular formula is C11H20N2O2. The Morgan fingerprint density at radius 3 is 2.47 bits per heavy atom. The monoisotopic (exact) mass is 212 g/mol. The van der Waals surface area contributed by atoms with Crippen LogP contribution in [-0.4, -0.2) is 35.3 Å². The fourth-order valence-electron chi connectivity index (χ4n) is 2.04. The van der Waals surface area contributed by atoms with Crippen molar-refractivity contribution in [2.24, 2.45) is 5.92 Å². The Labute approximate surface area is 91.0 Å². The molecule has 2 atom stereocenters. The third-order valence-electron chi connectivity index (χ3n) is 3.16. The SMILES string of the molecule is CCC(C)C1C(=O)NC(C)(C)C(=O)N1C. The molecule has 2 amide bonds. The molecule has 2 unspecified atom stereocenters. The predicted molar refractivity (Wildman–Crippen MR) is 58.2 cm³/mol. The summed E-state index contributed by atoms with van der Waals surface area (Å²) in [6, 6.07) is -0.324. The molecule has 0 saturated carbocycles. The van der Waals surface area contributed by atoms with E-state index in [4.69, 9.17) is 0 Å². The number of carbonyl (C=O) groups excluding carboxylic acids is 2. The number of carbonyl (C=O) groups is 2. The van der Waals surface area contributed by atoms with E-state index in [2.05, 4.69) is 5.32 Å². The van der Waals surface area contributed by atoms with Crippen LogP contribution in [0.4, 0.5) is 0 Å². The quantitative estimate of drug-likeness (QED) is 0.735. The van der Waals surface area contributed by atoms with Gasteiger partial charge in [0.1, 0.15) is 11.6 Å². The molecule has 0 aromatic rings. The fourth-order valence-corrected chi connectivity index (χ4v) is 2.04. The zero-order valence-electron chi connectivity index (χ0n) is 10.1. The van der Waals surface area contributed by atoms with Crippen molar-refractivity contribution in [1.82, 2.24) is 10.2 Å². The van der Waals surface area contributed by atoms with Crippen molar-refractivity contribution >= 4 is 11.8 Å². The Morgan fingerprint density at radius 2 is 2.00 bits per heavy atom. The van der Waals surface area contributed by atoms with Crippen LogP contribution in [-0.2, 0) is 9.59 Å². The first-order valence-electron chi connectivity index (χ1n) is 5.40. The van der Waals surface area contributed by atoms with Crippen LogP contribution in [0.5, 0.6) is 0 Å². The van der Waals surface area contributed by atoms with Crippen molar-refractivity contribution < 1.29 is 9.59 Å². The van der Waals surface area contributed by atoms with Gasteiger partial charge in [0.05, 0.1) is 0 Å². The number of amides is 2. The van der Waals surface area contributed by atoms with Gasteiger partial charge in [0.2, 0.25) is 11.8 Å². The number of likely N-dealkylation sites (N-methyl/N-ethyl adjacent to an activating group) is 1. The van der Waals surface area contributed by atoms with Gasteiger partial charge in [0, 0.05) is 7.05 Å². The lowest BCUT2D eigenvalue weighted by Gasteiger charge is -2.42. The van der Waals surface area contributed by atoms with E-state index in [9.17, 15) is 9.59 Å². The molecule has 15 heavy (non-hydrogen) atoms. The Balaban J connectivity index is 2.95. The molecular weight excluding hydrogens is 192 g/mol. The summed E-state index contributed by atoms with van der Waals surface area (Å²) in [5.74, 6) is 0.124. The van der Waals surface area contributed by atoms with Gasteiger partial charge >= 0.3 is 0 Å². The highest BCUT2D eigenvalue weighted by atomic mass is 16.2. The summed E-state index contributed by atoms with van der Waals surface area (Å²) < 4.78 is 0. The van der Waals surface area contributed by atoms with Gasteiger partial charge in [-0.1, -0.05) is 20.3 Å². The van der Waals surface area contributed by atoms with Gasteiger partial charge in [0.15, 0.2) is 0 Å². The van der Waals surface area contributed by atoms with Gasteiger partial charge in [-0.15, -0.1) is 0 Å². The van der Waals surface area contributed by atoms with Gasteiger partial charge in [-0.3, -0.25) is 9.59 Å². The van der Waals surface area contributed by atoms with Gasteiger partial charge in [0.25, 0.3) is 0 Å². The van der Waals surface area contributed by atoms with E-state index in [1.807, 2.05) is 13.8 Å². The first-order valence-corrected chi connectivity index (χ1v) is 5.40. The van der Waals surface area contributed by atoms with Crippen LogP contribution >= 0.6 is 0 Å². The average molecular weight is 212 g/mol. The van der Waals surface area contributed by atoms with Gasteiger partial charge in [-0.25, -0.2) is 0 Å². The second-order valence-corrected chi connectivity index (χ2v) is 4.86. The Hall–Kier alpha value is -1.06. The number of hydrogen-bond donors (Lipinski definition) is 1. The summed E-state index contributed by atoms with van der Waals surface area (Å²) in [6.45, 7) is 7.48. The molecule has 1 heterocycles. The zero-order valence-corrected chi connectivity index (χ0v) is 10.1. The van der Waals surface area contributed by atoms with E-state index in [1.165, 1.54) is 0 Å². The van der Waals surface area contributed by atoms with Crippen molar-refractivity contribution in [3.05, 3.63) is 0 Å². The Bertz CT molecular complexity index is 286. The molecule has 1 saturated heterocycles. The Morgan fingerprint density at radius 1 is 1.47 bits per heavy atom. The normalized spacial score (nSPS) is 27.5. The summed E-state index contributed by atoms with van der Waals surface area (Å²) in [7, 11) is 1.71. The zero-order chi connectivity index (χ0) is 11.8. The van der Waals surface area contributed by atoms with Crippen LogP contribution in [0.1, 0.15) is 34.1 Å².